The minimum atomic E-state index is -0.785. The first kappa shape index (κ1) is 14.5. The molecule has 1 aromatic carbocycles. The minimum Gasteiger partial charge on any atom is -0.506 e. The average molecular weight is 367 g/mol. The highest BCUT2D eigenvalue weighted by Gasteiger charge is 2.19. The molecule has 1 rings (SSSR count). The molecule has 0 aromatic heterocycles. The zero-order valence-electron chi connectivity index (χ0n) is 9.46. The van der Waals surface area contributed by atoms with Crippen LogP contribution >= 0.6 is 31.9 Å². The van der Waals surface area contributed by atoms with Gasteiger partial charge in [-0.05, 0) is 40.0 Å². The molecular weight excluding hydrogens is 354 g/mol. The van der Waals surface area contributed by atoms with Crippen LogP contribution in [0.2, 0.25) is 0 Å². The van der Waals surface area contributed by atoms with Crippen molar-refractivity contribution >= 4 is 37.8 Å². The molecule has 1 aromatic rings. The summed E-state index contributed by atoms with van der Waals surface area (Å²) in [7, 11) is 1.28. The van der Waals surface area contributed by atoms with Crippen LogP contribution < -0.4 is 5.73 Å². The van der Waals surface area contributed by atoms with Crippen molar-refractivity contribution in [1.82, 2.24) is 0 Å². The number of phenols is 1. The van der Waals surface area contributed by atoms with E-state index < -0.39 is 12.0 Å². The fourth-order valence-electron chi connectivity index (χ4n) is 1.38. The third-order valence-corrected chi connectivity index (χ3v) is 4.24. The fraction of sp³-hybridized carbons (Fsp3) is 0.364. The number of hydrogen-bond acceptors (Lipinski definition) is 4. The second-order valence-corrected chi connectivity index (χ2v) is 5.29. The van der Waals surface area contributed by atoms with E-state index in [1.54, 1.807) is 6.07 Å². The third-order valence-electron chi connectivity index (χ3n) is 2.44. The molecule has 94 valence electrons. The number of halogens is 2. The lowest BCUT2D eigenvalue weighted by molar-refractivity contribution is -0.142. The van der Waals surface area contributed by atoms with Crippen molar-refractivity contribution in [3.05, 3.63) is 26.1 Å². The predicted octanol–water partition coefficient (Wildman–Crippen LogP) is 2.27. The Hall–Kier alpha value is -0.590. The first-order chi connectivity index (χ1) is 7.88. The first-order valence-corrected chi connectivity index (χ1v) is 6.47. The van der Waals surface area contributed by atoms with Crippen molar-refractivity contribution in [3.8, 4) is 5.75 Å². The number of esters is 1. The monoisotopic (exact) mass is 365 g/mol. The third kappa shape index (κ3) is 3.20. The molecule has 1 unspecified atom stereocenters. The van der Waals surface area contributed by atoms with E-state index in [1.807, 2.05) is 6.92 Å². The lowest BCUT2D eigenvalue weighted by atomic mass is 10.0. The van der Waals surface area contributed by atoms with Gasteiger partial charge in [-0.3, -0.25) is 4.79 Å². The van der Waals surface area contributed by atoms with E-state index in [0.717, 1.165) is 10.0 Å². The molecule has 1 atom stereocenters. The normalized spacial score (nSPS) is 12.3. The second kappa shape index (κ2) is 5.84. The molecule has 0 spiro atoms. The number of rotatable bonds is 3. The highest BCUT2D eigenvalue weighted by atomic mass is 79.9. The van der Waals surface area contributed by atoms with Crippen molar-refractivity contribution in [2.45, 2.75) is 19.4 Å². The Morgan fingerprint density at radius 3 is 2.71 bits per heavy atom. The van der Waals surface area contributed by atoms with Gasteiger partial charge in [-0.1, -0.05) is 15.9 Å². The molecule has 4 nitrogen and oxygen atoms in total. The molecule has 6 heteroatoms. The summed E-state index contributed by atoms with van der Waals surface area (Å²) in [6.07, 6.45) is 0.218. The summed E-state index contributed by atoms with van der Waals surface area (Å²) in [5, 5.41) is 9.93. The largest absolute Gasteiger partial charge is 0.506 e. The van der Waals surface area contributed by atoms with Crippen molar-refractivity contribution in [2.75, 3.05) is 7.11 Å². The summed E-state index contributed by atoms with van der Waals surface area (Å²) in [5.41, 5.74) is 7.13. The van der Waals surface area contributed by atoms with Gasteiger partial charge in [0.2, 0.25) is 0 Å². The first-order valence-electron chi connectivity index (χ1n) is 4.88. The molecule has 0 aliphatic rings. The molecule has 0 fully saturated rings. The van der Waals surface area contributed by atoms with Gasteiger partial charge in [-0.25, -0.2) is 0 Å². The van der Waals surface area contributed by atoms with Crippen LogP contribution in [0.5, 0.6) is 5.75 Å². The lowest BCUT2D eigenvalue weighted by Crippen LogP contribution is -2.33. The van der Waals surface area contributed by atoms with Gasteiger partial charge >= 0.3 is 5.97 Å². The maximum atomic E-state index is 11.2. The van der Waals surface area contributed by atoms with Gasteiger partial charge < -0.3 is 15.6 Å². The number of aromatic hydroxyl groups is 1. The minimum absolute atomic E-state index is 0.102. The SMILES string of the molecule is COC(=O)C(N)Cc1cc(Br)c(C)c(Br)c1O. The Kier molecular flexibility index (Phi) is 4.97. The lowest BCUT2D eigenvalue weighted by Gasteiger charge is -2.13. The summed E-state index contributed by atoms with van der Waals surface area (Å²) >= 11 is 6.66. The van der Waals surface area contributed by atoms with Gasteiger partial charge in [0.25, 0.3) is 0 Å². The molecule has 0 aliphatic carbocycles. The summed E-state index contributed by atoms with van der Waals surface area (Å²) in [6.45, 7) is 1.86. The predicted molar refractivity (Wildman–Crippen MR) is 71.9 cm³/mol. The molecule has 0 aliphatic heterocycles. The zero-order chi connectivity index (χ0) is 13.2. The van der Waals surface area contributed by atoms with Crippen molar-refractivity contribution in [2.24, 2.45) is 5.73 Å². The molecule has 0 bridgehead atoms. The Morgan fingerprint density at radius 2 is 2.18 bits per heavy atom. The molecule has 0 amide bonds. The topological polar surface area (TPSA) is 72.5 Å². The molecule has 17 heavy (non-hydrogen) atoms. The highest BCUT2D eigenvalue weighted by molar-refractivity contribution is 9.11. The van der Waals surface area contributed by atoms with Crippen LogP contribution in [-0.4, -0.2) is 24.2 Å². The van der Waals surface area contributed by atoms with Crippen molar-refractivity contribution < 1.29 is 14.6 Å². The van der Waals surface area contributed by atoms with E-state index >= 15 is 0 Å². The summed E-state index contributed by atoms with van der Waals surface area (Å²) in [6, 6.07) is 0.963. The molecule has 3 N–H and O–H groups in total. The summed E-state index contributed by atoms with van der Waals surface area (Å²) < 4.78 is 5.98. The van der Waals surface area contributed by atoms with Crippen LogP contribution in [0.3, 0.4) is 0 Å². The van der Waals surface area contributed by atoms with Gasteiger partial charge in [0.15, 0.2) is 0 Å². The molecule has 0 saturated heterocycles. The number of nitrogens with two attached hydrogens (primary N) is 1. The maximum Gasteiger partial charge on any atom is 0.322 e. The van der Waals surface area contributed by atoms with Gasteiger partial charge in [-0.2, -0.15) is 0 Å². The smallest absolute Gasteiger partial charge is 0.322 e. The standard InChI is InChI=1S/C11H13Br2NO3/c1-5-7(12)3-6(10(15)9(5)13)4-8(14)11(16)17-2/h3,8,15H,4,14H2,1-2H3. The Balaban J connectivity index is 3.04. The molecule has 0 saturated carbocycles. The van der Waals surface area contributed by atoms with Gasteiger partial charge in [-0.15, -0.1) is 0 Å². The van der Waals surface area contributed by atoms with Crippen LogP contribution in [0.1, 0.15) is 11.1 Å². The number of ether oxygens (including phenoxy) is 1. The summed E-state index contributed by atoms with van der Waals surface area (Å²) in [5.74, 6) is -0.401. The van der Waals surface area contributed by atoms with Crippen LogP contribution in [0, 0.1) is 6.92 Å². The number of hydrogen-bond donors (Lipinski definition) is 2. The molecular formula is C11H13Br2NO3. The van der Waals surface area contributed by atoms with Crippen LogP contribution in [0.15, 0.2) is 15.0 Å². The molecule has 0 heterocycles. The molecule has 0 radical (unpaired) electrons. The van der Waals surface area contributed by atoms with Gasteiger partial charge in [0.05, 0.1) is 11.6 Å². The van der Waals surface area contributed by atoms with Crippen molar-refractivity contribution in [1.29, 1.82) is 0 Å². The Morgan fingerprint density at radius 1 is 1.59 bits per heavy atom. The zero-order valence-corrected chi connectivity index (χ0v) is 12.6. The Labute approximate surface area is 116 Å². The van der Waals surface area contributed by atoms with E-state index in [-0.39, 0.29) is 12.2 Å². The maximum absolute atomic E-state index is 11.2. The number of carbonyl (C=O) groups excluding carboxylic acids is 1. The van der Waals surface area contributed by atoms with E-state index in [2.05, 4.69) is 36.6 Å². The van der Waals surface area contributed by atoms with Crippen LogP contribution in [0.4, 0.5) is 0 Å². The van der Waals surface area contributed by atoms with Gasteiger partial charge in [0, 0.05) is 10.9 Å². The number of methoxy groups -OCH3 is 1. The number of carbonyl (C=O) groups is 1. The van der Waals surface area contributed by atoms with E-state index in [0.29, 0.717) is 10.0 Å². The highest BCUT2D eigenvalue weighted by Crippen LogP contribution is 2.36. The van der Waals surface area contributed by atoms with Crippen LogP contribution in [-0.2, 0) is 16.0 Å². The van der Waals surface area contributed by atoms with Crippen LogP contribution in [0.25, 0.3) is 0 Å². The average Bonchev–Trinajstić information content (AvgIpc) is 2.32. The quantitative estimate of drug-likeness (QED) is 0.805. The summed E-state index contributed by atoms with van der Waals surface area (Å²) in [4.78, 5) is 11.2. The van der Waals surface area contributed by atoms with E-state index in [4.69, 9.17) is 5.73 Å². The number of phenolic OH excluding ortho intramolecular Hbond substituents is 1. The van der Waals surface area contributed by atoms with Crippen molar-refractivity contribution in [3.63, 3.8) is 0 Å². The second-order valence-electron chi connectivity index (χ2n) is 3.64. The fourth-order valence-corrected chi connectivity index (χ4v) is 2.59. The van der Waals surface area contributed by atoms with E-state index in [1.165, 1.54) is 7.11 Å². The number of benzene rings is 1. The van der Waals surface area contributed by atoms with Gasteiger partial charge in [0.1, 0.15) is 11.8 Å². The Bertz CT molecular complexity index is 449. The van der Waals surface area contributed by atoms with E-state index in [9.17, 15) is 9.90 Å².